The molecule has 0 aromatic rings. The minimum Gasteiger partial charge on any atom is -0.379 e. The van der Waals surface area contributed by atoms with E-state index in [1.165, 1.54) is 8.61 Å². The molecule has 3 aliphatic rings. The first-order chi connectivity index (χ1) is 12.4. The number of likely N-dealkylation sites (tertiary alicyclic amines) is 1. The van der Waals surface area contributed by atoms with Crippen LogP contribution < -0.4 is 5.73 Å². The zero-order valence-electron chi connectivity index (χ0n) is 15.0. The highest BCUT2D eigenvalue weighted by Crippen LogP contribution is 2.25. The van der Waals surface area contributed by atoms with Gasteiger partial charge in [0.15, 0.2) is 0 Å². The van der Waals surface area contributed by atoms with Crippen molar-refractivity contribution in [3.8, 4) is 0 Å². The van der Waals surface area contributed by atoms with Gasteiger partial charge in [-0.1, -0.05) is 0 Å². The average Bonchev–Trinajstić information content (AvgIpc) is 2.68. The molecule has 0 bridgehead atoms. The molecular formula is C16H28N4O5S. The van der Waals surface area contributed by atoms with Gasteiger partial charge >= 0.3 is 0 Å². The molecule has 3 heterocycles. The fourth-order valence-electron chi connectivity index (χ4n) is 3.94. The molecule has 3 fully saturated rings. The standard InChI is InChI=1S/C16H28N4O5S/c17-15(21)13-3-6-18(7-4-13)16(22)14-2-1-5-20(12-14)26(23,24)19-8-10-25-11-9-19/h13-14H,1-12H2,(H2,17,21). The zero-order valence-corrected chi connectivity index (χ0v) is 15.8. The molecule has 26 heavy (non-hydrogen) atoms. The fraction of sp³-hybridized carbons (Fsp3) is 0.875. The summed E-state index contributed by atoms with van der Waals surface area (Å²) < 4.78 is 33.8. The maximum atomic E-state index is 12.8. The molecule has 0 spiro atoms. The third-order valence-electron chi connectivity index (χ3n) is 5.56. The molecule has 9 nitrogen and oxygen atoms in total. The van der Waals surface area contributed by atoms with Crippen molar-refractivity contribution in [2.24, 2.45) is 17.6 Å². The molecule has 3 rings (SSSR count). The first-order valence-corrected chi connectivity index (χ1v) is 10.7. The van der Waals surface area contributed by atoms with Crippen LogP contribution in [0.1, 0.15) is 25.7 Å². The number of hydrogen-bond donors (Lipinski definition) is 1. The first kappa shape index (κ1) is 19.5. The fourth-order valence-corrected chi connectivity index (χ4v) is 5.60. The average molecular weight is 388 g/mol. The van der Waals surface area contributed by atoms with Crippen LogP contribution in [-0.4, -0.2) is 86.2 Å². The number of carbonyl (C=O) groups is 2. The molecule has 0 radical (unpaired) electrons. The molecule has 0 aliphatic carbocycles. The van der Waals surface area contributed by atoms with Crippen molar-refractivity contribution >= 4 is 22.0 Å². The van der Waals surface area contributed by atoms with Gasteiger partial charge in [0, 0.05) is 45.2 Å². The molecule has 1 atom stereocenters. The van der Waals surface area contributed by atoms with Gasteiger partial charge in [-0.2, -0.15) is 17.0 Å². The topological polar surface area (TPSA) is 113 Å². The van der Waals surface area contributed by atoms with Gasteiger partial charge in [0.05, 0.1) is 19.1 Å². The molecular weight excluding hydrogens is 360 g/mol. The van der Waals surface area contributed by atoms with Crippen LogP contribution in [0.3, 0.4) is 0 Å². The number of carbonyl (C=O) groups excluding carboxylic acids is 2. The lowest BCUT2D eigenvalue weighted by Crippen LogP contribution is -2.53. The van der Waals surface area contributed by atoms with Gasteiger partial charge in [-0.15, -0.1) is 0 Å². The quantitative estimate of drug-likeness (QED) is 0.664. The molecule has 1 unspecified atom stereocenters. The Morgan fingerprint density at radius 2 is 1.54 bits per heavy atom. The Bertz CT molecular complexity index is 627. The number of piperidine rings is 2. The lowest BCUT2D eigenvalue weighted by molar-refractivity contribution is -0.139. The Morgan fingerprint density at radius 1 is 0.885 bits per heavy atom. The van der Waals surface area contributed by atoms with Crippen LogP contribution in [0.5, 0.6) is 0 Å². The Morgan fingerprint density at radius 3 is 2.15 bits per heavy atom. The van der Waals surface area contributed by atoms with E-state index in [0.29, 0.717) is 71.6 Å². The smallest absolute Gasteiger partial charge is 0.282 e. The van der Waals surface area contributed by atoms with E-state index in [0.717, 1.165) is 0 Å². The molecule has 3 aliphatic heterocycles. The van der Waals surface area contributed by atoms with Crippen LogP contribution in [-0.2, 0) is 24.5 Å². The van der Waals surface area contributed by atoms with Crippen molar-refractivity contribution in [3.63, 3.8) is 0 Å². The predicted molar refractivity (Wildman–Crippen MR) is 94.1 cm³/mol. The van der Waals surface area contributed by atoms with Gasteiger partial charge in [-0.05, 0) is 25.7 Å². The molecule has 2 amide bonds. The summed E-state index contributed by atoms with van der Waals surface area (Å²) in [5.74, 6) is -0.791. The van der Waals surface area contributed by atoms with Crippen molar-refractivity contribution in [2.75, 3.05) is 52.5 Å². The molecule has 148 valence electrons. The Balaban J connectivity index is 1.59. The number of morpholine rings is 1. The second kappa shape index (κ2) is 8.20. The van der Waals surface area contributed by atoms with E-state index in [1.807, 2.05) is 0 Å². The lowest BCUT2D eigenvalue weighted by Gasteiger charge is -2.38. The van der Waals surface area contributed by atoms with Crippen LogP contribution >= 0.6 is 0 Å². The van der Waals surface area contributed by atoms with Crippen LogP contribution in [0, 0.1) is 11.8 Å². The summed E-state index contributed by atoms with van der Waals surface area (Å²) >= 11 is 0. The Labute approximate surface area is 154 Å². The highest BCUT2D eigenvalue weighted by Gasteiger charge is 2.38. The molecule has 0 aromatic carbocycles. The van der Waals surface area contributed by atoms with E-state index in [2.05, 4.69) is 0 Å². The monoisotopic (exact) mass is 388 g/mol. The summed E-state index contributed by atoms with van der Waals surface area (Å²) in [4.78, 5) is 25.9. The second-order valence-electron chi connectivity index (χ2n) is 7.22. The number of nitrogens with two attached hydrogens (primary N) is 1. The third-order valence-corrected chi connectivity index (χ3v) is 7.57. The number of primary amides is 1. The molecule has 0 saturated carbocycles. The predicted octanol–water partition coefficient (Wildman–Crippen LogP) is -1.00. The van der Waals surface area contributed by atoms with E-state index >= 15 is 0 Å². The lowest BCUT2D eigenvalue weighted by atomic mass is 9.93. The van der Waals surface area contributed by atoms with Gasteiger partial charge < -0.3 is 15.4 Å². The van der Waals surface area contributed by atoms with E-state index < -0.39 is 10.2 Å². The molecule has 0 aromatic heterocycles. The first-order valence-electron chi connectivity index (χ1n) is 9.30. The van der Waals surface area contributed by atoms with Crippen LogP contribution in [0.2, 0.25) is 0 Å². The highest BCUT2D eigenvalue weighted by atomic mass is 32.2. The van der Waals surface area contributed by atoms with Gasteiger partial charge in [0.1, 0.15) is 0 Å². The minimum atomic E-state index is -3.55. The van der Waals surface area contributed by atoms with E-state index in [-0.39, 0.29) is 30.2 Å². The second-order valence-corrected chi connectivity index (χ2v) is 9.15. The summed E-state index contributed by atoms with van der Waals surface area (Å²) in [6.07, 6.45) is 2.55. The van der Waals surface area contributed by atoms with E-state index in [9.17, 15) is 18.0 Å². The molecule has 2 N–H and O–H groups in total. The van der Waals surface area contributed by atoms with Crippen LogP contribution in [0.25, 0.3) is 0 Å². The zero-order chi connectivity index (χ0) is 18.7. The van der Waals surface area contributed by atoms with E-state index in [1.54, 1.807) is 4.90 Å². The maximum absolute atomic E-state index is 12.8. The van der Waals surface area contributed by atoms with Crippen molar-refractivity contribution in [3.05, 3.63) is 0 Å². The number of ether oxygens (including phenoxy) is 1. The summed E-state index contributed by atoms with van der Waals surface area (Å²) in [6.45, 7) is 3.24. The number of amides is 2. The summed E-state index contributed by atoms with van der Waals surface area (Å²) in [6, 6.07) is 0. The van der Waals surface area contributed by atoms with Gasteiger partial charge in [-0.3, -0.25) is 9.59 Å². The number of nitrogens with zero attached hydrogens (tertiary/aromatic N) is 3. The van der Waals surface area contributed by atoms with Crippen molar-refractivity contribution in [2.45, 2.75) is 25.7 Å². The largest absolute Gasteiger partial charge is 0.379 e. The minimum absolute atomic E-state index is 0.00482. The van der Waals surface area contributed by atoms with Gasteiger partial charge in [-0.25, -0.2) is 0 Å². The highest BCUT2D eigenvalue weighted by molar-refractivity contribution is 7.86. The number of rotatable bonds is 4. The summed E-state index contributed by atoms with van der Waals surface area (Å²) in [5.41, 5.74) is 5.34. The maximum Gasteiger partial charge on any atom is 0.282 e. The number of hydrogen-bond acceptors (Lipinski definition) is 5. The van der Waals surface area contributed by atoms with Crippen LogP contribution in [0.4, 0.5) is 0 Å². The Hall–Kier alpha value is -1.23. The van der Waals surface area contributed by atoms with Crippen molar-refractivity contribution < 1.29 is 22.7 Å². The van der Waals surface area contributed by atoms with Gasteiger partial charge in [0.2, 0.25) is 11.8 Å². The van der Waals surface area contributed by atoms with Crippen LogP contribution in [0.15, 0.2) is 0 Å². The Kier molecular flexibility index (Phi) is 6.16. The third kappa shape index (κ3) is 4.19. The summed E-state index contributed by atoms with van der Waals surface area (Å²) in [5, 5.41) is 0. The van der Waals surface area contributed by atoms with Gasteiger partial charge in [0.25, 0.3) is 10.2 Å². The van der Waals surface area contributed by atoms with Crippen molar-refractivity contribution in [1.82, 2.24) is 13.5 Å². The molecule has 10 heteroatoms. The van der Waals surface area contributed by atoms with Crippen molar-refractivity contribution in [1.29, 1.82) is 0 Å². The SMILES string of the molecule is NC(=O)C1CCN(C(=O)C2CCCN(S(=O)(=O)N3CCOCC3)C2)CC1. The summed E-state index contributed by atoms with van der Waals surface area (Å²) in [7, 11) is -3.55. The normalized spacial score (nSPS) is 27.4. The molecule has 3 saturated heterocycles. The van der Waals surface area contributed by atoms with E-state index in [4.69, 9.17) is 10.5 Å².